The van der Waals surface area contributed by atoms with Crippen LogP contribution < -0.4 is 10.2 Å². The summed E-state index contributed by atoms with van der Waals surface area (Å²) < 4.78 is 53.9. The fourth-order valence-electron chi connectivity index (χ4n) is 3.24. The largest absolute Gasteiger partial charge is 0.367 e. The lowest BCUT2D eigenvalue weighted by Gasteiger charge is -2.35. The normalized spacial score (nSPS) is 15.3. The molecule has 29 heavy (non-hydrogen) atoms. The lowest BCUT2D eigenvalue weighted by atomic mass is 10.2. The molecule has 0 radical (unpaired) electrons. The van der Waals surface area contributed by atoms with Crippen LogP contribution in [0.2, 0.25) is 0 Å². The van der Waals surface area contributed by atoms with E-state index in [0.29, 0.717) is 18.8 Å². The molecule has 0 aliphatic carbocycles. The van der Waals surface area contributed by atoms with E-state index < -0.39 is 21.7 Å². The quantitative estimate of drug-likeness (QED) is 0.694. The second-order valence-corrected chi connectivity index (χ2v) is 8.83. The van der Waals surface area contributed by atoms with Gasteiger partial charge in [-0.1, -0.05) is 24.3 Å². The van der Waals surface area contributed by atoms with E-state index >= 15 is 0 Å². The van der Waals surface area contributed by atoms with Crippen molar-refractivity contribution in [2.75, 3.05) is 43.4 Å². The van der Waals surface area contributed by atoms with Gasteiger partial charge in [0.15, 0.2) is 0 Å². The highest BCUT2D eigenvalue weighted by Crippen LogP contribution is 2.21. The maximum atomic E-state index is 13.9. The molecule has 1 N–H and O–H groups in total. The zero-order chi connectivity index (χ0) is 20.9. The topological polar surface area (TPSA) is 69.7 Å². The monoisotopic (exact) mass is 423 g/mol. The van der Waals surface area contributed by atoms with Gasteiger partial charge < -0.3 is 10.2 Å². The number of benzene rings is 2. The van der Waals surface area contributed by atoms with Crippen molar-refractivity contribution in [3.8, 4) is 0 Å². The summed E-state index contributed by atoms with van der Waals surface area (Å²) in [5, 5.41) is 2.54. The Balaban J connectivity index is 1.45. The van der Waals surface area contributed by atoms with Gasteiger partial charge in [-0.25, -0.2) is 17.2 Å². The van der Waals surface area contributed by atoms with Crippen LogP contribution in [0.4, 0.5) is 14.5 Å². The molecule has 2 aromatic carbocycles. The van der Waals surface area contributed by atoms with Crippen LogP contribution >= 0.6 is 0 Å². The van der Waals surface area contributed by atoms with Gasteiger partial charge in [-0.05, 0) is 30.7 Å². The number of amides is 1. The number of carbonyl (C=O) groups is 1. The Morgan fingerprint density at radius 2 is 1.55 bits per heavy atom. The number of hydrogen-bond acceptors (Lipinski definition) is 4. The number of sulfonamides is 1. The minimum absolute atomic E-state index is 0.0698. The Hall–Kier alpha value is -2.52. The summed E-state index contributed by atoms with van der Waals surface area (Å²) in [7, 11) is -3.48. The molecule has 9 heteroatoms. The molecule has 1 aliphatic rings. The Bertz CT molecular complexity index is 961. The predicted octanol–water partition coefficient (Wildman–Crippen LogP) is 2.24. The van der Waals surface area contributed by atoms with Crippen molar-refractivity contribution in [1.29, 1.82) is 0 Å². The Kier molecular flexibility index (Phi) is 6.81. The van der Waals surface area contributed by atoms with Gasteiger partial charge in [0.1, 0.15) is 11.6 Å². The number of hydrogen-bond donors (Lipinski definition) is 1. The van der Waals surface area contributed by atoms with Crippen molar-refractivity contribution < 1.29 is 22.0 Å². The first-order valence-corrected chi connectivity index (χ1v) is 11.0. The number of anilines is 1. The van der Waals surface area contributed by atoms with Gasteiger partial charge >= 0.3 is 0 Å². The molecule has 1 fully saturated rings. The fraction of sp³-hybridized carbons (Fsp3) is 0.350. The van der Waals surface area contributed by atoms with Crippen LogP contribution in [0.5, 0.6) is 0 Å². The lowest BCUT2D eigenvalue weighted by molar-refractivity contribution is 0.0949. The number of para-hydroxylation sites is 1. The zero-order valence-electron chi connectivity index (χ0n) is 15.9. The average Bonchev–Trinajstić information content (AvgIpc) is 2.72. The molecular formula is C20H23F2N3O3S. The van der Waals surface area contributed by atoms with Gasteiger partial charge in [0.25, 0.3) is 5.91 Å². The van der Waals surface area contributed by atoms with Crippen LogP contribution in [0.25, 0.3) is 0 Å². The van der Waals surface area contributed by atoms with E-state index in [-0.39, 0.29) is 43.2 Å². The minimum atomic E-state index is -3.48. The van der Waals surface area contributed by atoms with Crippen LogP contribution in [0.3, 0.4) is 0 Å². The highest BCUT2D eigenvalue weighted by atomic mass is 32.2. The Morgan fingerprint density at radius 3 is 2.21 bits per heavy atom. The van der Waals surface area contributed by atoms with E-state index in [1.165, 1.54) is 28.6 Å². The van der Waals surface area contributed by atoms with E-state index in [9.17, 15) is 22.0 Å². The number of rotatable bonds is 7. The van der Waals surface area contributed by atoms with Gasteiger partial charge in [0.05, 0.1) is 17.0 Å². The van der Waals surface area contributed by atoms with Gasteiger partial charge in [-0.15, -0.1) is 0 Å². The number of halogens is 2. The van der Waals surface area contributed by atoms with Crippen LogP contribution in [0.1, 0.15) is 16.8 Å². The molecule has 6 nitrogen and oxygen atoms in total. The summed E-state index contributed by atoms with van der Waals surface area (Å²) in [4.78, 5) is 13.8. The summed E-state index contributed by atoms with van der Waals surface area (Å²) in [5.41, 5.74) is 0.403. The first-order chi connectivity index (χ1) is 13.9. The number of nitrogens with zero attached hydrogens (tertiary/aromatic N) is 2. The average molecular weight is 423 g/mol. The SMILES string of the molecule is O=C(NCCCS(=O)(=O)N1CCN(c2ccccc2F)CC1)c1ccccc1F. The number of carbonyl (C=O) groups excluding carboxylic acids is 1. The summed E-state index contributed by atoms with van der Waals surface area (Å²) in [6.45, 7) is 1.49. The van der Waals surface area contributed by atoms with E-state index in [2.05, 4.69) is 5.32 Å². The van der Waals surface area contributed by atoms with Crippen LogP contribution in [0.15, 0.2) is 48.5 Å². The molecule has 0 aromatic heterocycles. The van der Waals surface area contributed by atoms with Crippen molar-refractivity contribution in [1.82, 2.24) is 9.62 Å². The zero-order valence-corrected chi connectivity index (χ0v) is 16.7. The van der Waals surface area contributed by atoms with E-state index in [0.717, 1.165) is 0 Å². The van der Waals surface area contributed by atoms with Crippen LogP contribution in [-0.2, 0) is 10.0 Å². The van der Waals surface area contributed by atoms with Crippen LogP contribution in [0, 0.1) is 11.6 Å². The summed E-state index contributed by atoms with van der Waals surface area (Å²) in [6.07, 6.45) is 0.218. The molecule has 156 valence electrons. The molecular weight excluding hydrogens is 400 g/mol. The standard InChI is InChI=1S/C20H23F2N3O3S/c21-17-7-2-1-6-16(17)20(26)23-10-5-15-29(27,28)25-13-11-24(12-14-25)19-9-4-3-8-18(19)22/h1-4,6-9H,5,10-15H2,(H,23,26). The molecule has 0 bridgehead atoms. The fourth-order valence-corrected chi connectivity index (χ4v) is 4.73. The first-order valence-electron chi connectivity index (χ1n) is 9.38. The molecule has 0 unspecified atom stereocenters. The molecule has 1 aliphatic heterocycles. The highest BCUT2D eigenvalue weighted by Gasteiger charge is 2.27. The van der Waals surface area contributed by atoms with Crippen molar-refractivity contribution in [3.63, 3.8) is 0 Å². The maximum absolute atomic E-state index is 13.9. The number of nitrogens with one attached hydrogen (secondary N) is 1. The van der Waals surface area contributed by atoms with Crippen molar-refractivity contribution >= 4 is 21.6 Å². The Labute approximate surface area is 169 Å². The van der Waals surface area contributed by atoms with Crippen molar-refractivity contribution in [2.45, 2.75) is 6.42 Å². The molecule has 1 saturated heterocycles. The highest BCUT2D eigenvalue weighted by molar-refractivity contribution is 7.89. The Morgan fingerprint density at radius 1 is 0.931 bits per heavy atom. The molecule has 1 heterocycles. The number of piperazine rings is 1. The van der Waals surface area contributed by atoms with Crippen LogP contribution in [-0.4, -0.2) is 57.1 Å². The lowest BCUT2D eigenvalue weighted by Crippen LogP contribution is -2.49. The molecule has 0 atom stereocenters. The molecule has 0 spiro atoms. The summed E-state index contributed by atoms with van der Waals surface area (Å²) in [6, 6.07) is 12.0. The second kappa shape index (κ2) is 9.32. The minimum Gasteiger partial charge on any atom is -0.367 e. The third-order valence-corrected chi connectivity index (χ3v) is 6.76. The van der Waals surface area contributed by atoms with Gasteiger partial charge in [0, 0.05) is 32.7 Å². The molecule has 2 aromatic rings. The molecule has 0 saturated carbocycles. The van der Waals surface area contributed by atoms with E-state index in [1.54, 1.807) is 24.3 Å². The smallest absolute Gasteiger partial charge is 0.254 e. The summed E-state index contributed by atoms with van der Waals surface area (Å²) >= 11 is 0. The van der Waals surface area contributed by atoms with Gasteiger partial charge in [-0.2, -0.15) is 4.31 Å². The van der Waals surface area contributed by atoms with Gasteiger partial charge in [-0.3, -0.25) is 4.79 Å². The maximum Gasteiger partial charge on any atom is 0.254 e. The predicted molar refractivity (Wildman–Crippen MR) is 107 cm³/mol. The van der Waals surface area contributed by atoms with Gasteiger partial charge in [0.2, 0.25) is 10.0 Å². The van der Waals surface area contributed by atoms with Crippen molar-refractivity contribution in [3.05, 3.63) is 65.7 Å². The third-order valence-electron chi connectivity index (χ3n) is 4.81. The van der Waals surface area contributed by atoms with Crippen molar-refractivity contribution in [2.24, 2.45) is 0 Å². The summed E-state index contributed by atoms with van der Waals surface area (Å²) in [5.74, 6) is -1.64. The first kappa shape index (κ1) is 21.2. The second-order valence-electron chi connectivity index (χ2n) is 6.74. The van der Waals surface area contributed by atoms with E-state index in [4.69, 9.17) is 0 Å². The molecule has 1 amide bonds. The molecule has 3 rings (SSSR count). The third kappa shape index (κ3) is 5.30. The van der Waals surface area contributed by atoms with E-state index in [1.807, 2.05) is 4.90 Å².